The first kappa shape index (κ1) is 15.8. The molecule has 0 bridgehead atoms. The maximum Gasteiger partial charge on any atom is 0.281 e. The van der Waals surface area contributed by atoms with Crippen LogP contribution in [0.4, 0.5) is 0 Å². The molecule has 0 spiro atoms. The molecule has 18 heavy (non-hydrogen) atoms. The van der Waals surface area contributed by atoms with Crippen molar-refractivity contribution in [2.24, 2.45) is 11.7 Å². The molecule has 2 N–H and O–H groups in total. The molecule has 6 nitrogen and oxygen atoms in total. The molecule has 0 amide bonds. The molecule has 1 heterocycles. The zero-order valence-corrected chi connectivity index (χ0v) is 12.3. The highest BCUT2D eigenvalue weighted by Gasteiger charge is 2.31. The second kappa shape index (κ2) is 6.81. The van der Waals surface area contributed by atoms with Gasteiger partial charge in [0.2, 0.25) is 0 Å². The summed E-state index contributed by atoms with van der Waals surface area (Å²) in [6, 6.07) is 0.140. The van der Waals surface area contributed by atoms with Crippen LogP contribution in [0.25, 0.3) is 0 Å². The molecular formula is C11H25N3O3S. The van der Waals surface area contributed by atoms with E-state index in [0.29, 0.717) is 32.2 Å². The number of likely N-dealkylation sites (N-methyl/N-ethyl adjacent to an activating group) is 1. The van der Waals surface area contributed by atoms with Gasteiger partial charge in [-0.25, -0.2) is 0 Å². The maximum atomic E-state index is 12.2. The lowest BCUT2D eigenvalue weighted by Crippen LogP contribution is -2.48. The van der Waals surface area contributed by atoms with E-state index in [1.165, 1.54) is 4.31 Å². The Morgan fingerprint density at radius 3 is 2.44 bits per heavy atom. The Morgan fingerprint density at radius 2 is 2.00 bits per heavy atom. The van der Waals surface area contributed by atoms with Crippen molar-refractivity contribution in [1.29, 1.82) is 0 Å². The molecule has 1 aliphatic heterocycles. The van der Waals surface area contributed by atoms with E-state index in [9.17, 15) is 8.42 Å². The predicted molar refractivity (Wildman–Crippen MR) is 71.4 cm³/mol. The second-order valence-electron chi connectivity index (χ2n) is 4.92. The van der Waals surface area contributed by atoms with Gasteiger partial charge in [-0.15, -0.1) is 0 Å². The van der Waals surface area contributed by atoms with Crippen LogP contribution in [-0.4, -0.2) is 63.5 Å². The normalized spacial score (nSPS) is 21.4. The molecule has 1 aliphatic rings. The van der Waals surface area contributed by atoms with Crippen LogP contribution in [0, 0.1) is 5.92 Å². The number of piperidine rings is 1. The van der Waals surface area contributed by atoms with E-state index in [0.717, 1.165) is 12.8 Å². The monoisotopic (exact) mass is 279 g/mol. The van der Waals surface area contributed by atoms with Gasteiger partial charge in [0.25, 0.3) is 10.2 Å². The van der Waals surface area contributed by atoms with Crippen LogP contribution < -0.4 is 5.73 Å². The van der Waals surface area contributed by atoms with Gasteiger partial charge in [0, 0.05) is 39.8 Å². The third-order valence-corrected chi connectivity index (χ3v) is 5.56. The van der Waals surface area contributed by atoms with Crippen LogP contribution in [0.1, 0.15) is 19.8 Å². The van der Waals surface area contributed by atoms with E-state index in [2.05, 4.69) is 0 Å². The number of nitrogens with two attached hydrogens (primary N) is 1. The highest BCUT2D eigenvalue weighted by molar-refractivity contribution is 7.86. The average Bonchev–Trinajstić information content (AvgIpc) is 2.35. The fourth-order valence-electron chi connectivity index (χ4n) is 2.16. The van der Waals surface area contributed by atoms with Gasteiger partial charge in [0.1, 0.15) is 0 Å². The zero-order valence-electron chi connectivity index (χ0n) is 11.5. The lowest BCUT2D eigenvalue weighted by atomic mass is 9.92. The molecule has 1 atom stereocenters. The Kier molecular flexibility index (Phi) is 6.00. The minimum atomic E-state index is -3.34. The summed E-state index contributed by atoms with van der Waals surface area (Å²) in [5.74, 6) is 0.431. The third-order valence-electron chi connectivity index (χ3n) is 3.57. The highest BCUT2D eigenvalue weighted by Crippen LogP contribution is 2.22. The maximum absolute atomic E-state index is 12.2. The first-order valence-corrected chi connectivity index (χ1v) is 7.75. The smallest absolute Gasteiger partial charge is 0.281 e. The molecule has 0 radical (unpaired) electrons. The van der Waals surface area contributed by atoms with Crippen molar-refractivity contribution in [3.63, 3.8) is 0 Å². The molecule has 108 valence electrons. The minimum Gasteiger partial charge on any atom is -0.383 e. The van der Waals surface area contributed by atoms with E-state index in [1.807, 2.05) is 6.92 Å². The van der Waals surface area contributed by atoms with E-state index < -0.39 is 10.2 Å². The third kappa shape index (κ3) is 3.89. The SMILES string of the molecule is COCCN(C)S(=O)(=O)N1CCC(C(C)N)CC1. The molecule has 0 saturated carbocycles. The number of hydrogen-bond acceptors (Lipinski definition) is 4. The van der Waals surface area contributed by atoms with Gasteiger partial charge in [-0.3, -0.25) is 0 Å². The summed E-state index contributed by atoms with van der Waals surface area (Å²) in [5.41, 5.74) is 5.85. The van der Waals surface area contributed by atoms with Gasteiger partial charge < -0.3 is 10.5 Å². The summed E-state index contributed by atoms with van der Waals surface area (Å²) in [6.07, 6.45) is 1.68. The fraction of sp³-hybridized carbons (Fsp3) is 1.00. The molecule has 0 aromatic carbocycles. The van der Waals surface area contributed by atoms with Crippen LogP contribution in [0.2, 0.25) is 0 Å². The first-order chi connectivity index (χ1) is 8.39. The Balaban J connectivity index is 2.55. The van der Waals surface area contributed by atoms with Crippen molar-refractivity contribution < 1.29 is 13.2 Å². The summed E-state index contributed by atoms with van der Waals surface area (Å²) in [4.78, 5) is 0. The van der Waals surface area contributed by atoms with Gasteiger partial charge in [0.05, 0.1) is 6.61 Å². The van der Waals surface area contributed by atoms with Gasteiger partial charge in [-0.2, -0.15) is 17.0 Å². The van der Waals surface area contributed by atoms with Crippen LogP contribution in [0.15, 0.2) is 0 Å². The average molecular weight is 279 g/mol. The van der Waals surface area contributed by atoms with Crippen LogP contribution in [0.5, 0.6) is 0 Å². The molecule has 0 aromatic rings. The fourth-order valence-corrected chi connectivity index (χ4v) is 3.54. The molecule has 0 aromatic heterocycles. The number of ether oxygens (including phenoxy) is 1. The Morgan fingerprint density at radius 1 is 1.44 bits per heavy atom. The minimum absolute atomic E-state index is 0.140. The summed E-state index contributed by atoms with van der Waals surface area (Å²) >= 11 is 0. The van der Waals surface area contributed by atoms with Crippen molar-refractivity contribution >= 4 is 10.2 Å². The Hall–Kier alpha value is -0.210. The number of nitrogens with zero attached hydrogens (tertiary/aromatic N) is 2. The summed E-state index contributed by atoms with van der Waals surface area (Å²) in [5, 5.41) is 0. The van der Waals surface area contributed by atoms with E-state index >= 15 is 0 Å². The Labute approximate surface area is 110 Å². The summed E-state index contributed by atoms with van der Waals surface area (Å²) in [6.45, 7) is 3.90. The summed E-state index contributed by atoms with van der Waals surface area (Å²) in [7, 11) is -0.184. The van der Waals surface area contributed by atoms with Crippen molar-refractivity contribution in [1.82, 2.24) is 8.61 Å². The van der Waals surface area contributed by atoms with Crippen molar-refractivity contribution in [2.45, 2.75) is 25.8 Å². The van der Waals surface area contributed by atoms with Gasteiger partial charge in [-0.1, -0.05) is 0 Å². The molecule has 0 aliphatic carbocycles. The van der Waals surface area contributed by atoms with Gasteiger partial charge >= 0.3 is 0 Å². The summed E-state index contributed by atoms with van der Waals surface area (Å²) < 4.78 is 32.3. The lowest BCUT2D eigenvalue weighted by Gasteiger charge is -2.34. The molecule has 1 rings (SSSR count). The largest absolute Gasteiger partial charge is 0.383 e. The zero-order chi connectivity index (χ0) is 13.8. The van der Waals surface area contributed by atoms with Crippen molar-refractivity contribution in [3.05, 3.63) is 0 Å². The van der Waals surface area contributed by atoms with Crippen molar-refractivity contribution in [2.75, 3.05) is 40.4 Å². The molecule has 1 unspecified atom stereocenters. The quantitative estimate of drug-likeness (QED) is 0.735. The number of hydrogen-bond donors (Lipinski definition) is 1. The number of methoxy groups -OCH3 is 1. The molecule has 1 fully saturated rings. The molecule has 7 heteroatoms. The van der Waals surface area contributed by atoms with Gasteiger partial charge in [-0.05, 0) is 25.7 Å². The highest BCUT2D eigenvalue weighted by atomic mass is 32.2. The molecule has 1 saturated heterocycles. The van der Waals surface area contributed by atoms with Crippen LogP contribution in [-0.2, 0) is 14.9 Å². The van der Waals surface area contributed by atoms with E-state index in [1.54, 1.807) is 18.5 Å². The first-order valence-electron chi connectivity index (χ1n) is 6.35. The van der Waals surface area contributed by atoms with E-state index in [-0.39, 0.29) is 6.04 Å². The van der Waals surface area contributed by atoms with Crippen molar-refractivity contribution in [3.8, 4) is 0 Å². The lowest BCUT2D eigenvalue weighted by molar-refractivity contribution is 0.179. The van der Waals surface area contributed by atoms with Crippen LogP contribution >= 0.6 is 0 Å². The van der Waals surface area contributed by atoms with Gasteiger partial charge in [0.15, 0.2) is 0 Å². The number of rotatable bonds is 6. The van der Waals surface area contributed by atoms with E-state index in [4.69, 9.17) is 10.5 Å². The molecular weight excluding hydrogens is 254 g/mol. The standard InChI is InChI=1S/C11H25N3O3S/c1-10(12)11-4-6-14(7-5-11)18(15,16)13(2)8-9-17-3/h10-11H,4-9,12H2,1-3H3. The second-order valence-corrected chi connectivity index (χ2v) is 6.95. The predicted octanol–water partition coefficient (Wildman–Crippen LogP) is -0.131. The topological polar surface area (TPSA) is 75.9 Å². The Bertz CT molecular complexity index is 337. The van der Waals surface area contributed by atoms with Crippen LogP contribution in [0.3, 0.4) is 0 Å².